The molecule has 52 valence electrons. The summed E-state index contributed by atoms with van der Waals surface area (Å²) in [5, 5.41) is 3.19. The second-order valence-corrected chi connectivity index (χ2v) is 2.86. The van der Waals surface area contributed by atoms with Gasteiger partial charge in [0.15, 0.2) is 0 Å². The van der Waals surface area contributed by atoms with Gasteiger partial charge < -0.3 is 4.98 Å². The molecular formula is C8H8ClN. The molecule has 0 radical (unpaired) electrons. The molecule has 0 aromatic carbocycles. The van der Waals surface area contributed by atoms with Gasteiger partial charge in [-0.1, -0.05) is 23.8 Å². The van der Waals surface area contributed by atoms with Crippen LogP contribution in [0.2, 0.25) is 5.02 Å². The van der Waals surface area contributed by atoms with Gasteiger partial charge in [-0.15, -0.1) is 0 Å². The van der Waals surface area contributed by atoms with Gasteiger partial charge in [-0.2, -0.15) is 0 Å². The highest BCUT2D eigenvalue weighted by Crippen LogP contribution is 2.00. The summed E-state index contributed by atoms with van der Waals surface area (Å²) in [6.45, 7) is 0. The van der Waals surface area contributed by atoms with Gasteiger partial charge in [0.25, 0.3) is 0 Å². The highest BCUT2D eigenvalue weighted by Gasteiger charge is 1.97. The van der Waals surface area contributed by atoms with E-state index in [4.69, 9.17) is 11.6 Å². The van der Waals surface area contributed by atoms with Crippen LogP contribution in [0.5, 0.6) is 0 Å². The summed E-state index contributed by atoms with van der Waals surface area (Å²) in [6.07, 6.45) is 8.44. The molecule has 0 saturated carbocycles. The molecule has 0 unspecified atom stereocenters. The van der Waals surface area contributed by atoms with E-state index in [0.29, 0.717) is 0 Å². The largest absolute Gasteiger partial charge is 0.360 e. The molecule has 1 aromatic heterocycles. The summed E-state index contributed by atoms with van der Waals surface area (Å²) in [6, 6.07) is 0. The van der Waals surface area contributed by atoms with E-state index in [1.54, 1.807) is 0 Å². The Morgan fingerprint density at radius 1 is 1.30 bits per heavy atom. The van der Waals surface area contributed by atoms with Crippen LogP contribution in [0.1, 0.15) is 12.8 Å². The Labute approximate surface area is 64.0 Å². The molecule has 2 heteroatoms. The molecule has 10 heavy (non-hydrogen) atoms. The topological polar surface area (TPSA) is 15.8 Å². The Hall–Kier alpha value is -0.690. The molecule has 0 bridgehead atoms. The van der Waals surface area contributed by atoms with E-state index in [1.807, 2.05) is 6.20 Å². The maximum absolute atomic E-state index is 5.88. The van der Waals surface area contributed by atoms with Gasteiger partial charge in [-0.25, -0.2) is 0 Å². The lowest BCUT2D eigenvalue weighted by atomic mass is 10.2. The minimum absolute atomic E-state index is 0.839. The molecule has 0 fully saturated rings. The fourth-order valence-corrected chi connectivity index (χ4v) is 1.49. The van der Waals surface area contributed by atoms with Crippen LogP contribution < -0.4 is 10.6 Å². The maximum atomic E-state index is 5.88. The van der Waals surface area contributed by atoms with E-state index in [0.717, 1.165) is 17.9 Å². The second kappa shape index (κ2) is 2.17. The average molecular weight is 154 g/mol. The molecule has 0 spiro atoms. The van der Waals surface area contributed by atoms with Crippen molar-refractivity contribution in [1.82, 2.24) is 4.98 Å². The highest BCUT2D eigenvalue weighted by molar-refractivity contribution is 6.30. The van der Waals surface area contributed by atoms with Gasteiger partial charge in [0.1, 0.15) is 0 Å². The number of hydrogen-bond acceptors (Lipinski definition) is 0. The zero-order valence-corrected chi connectivity index (χ0v) is 6.28. The fraction of sp³-hybridized carbons (Fsp3) is 0.250. The summed E-state index contributed by atoms with van der Waals surface area (Å²) in [7, 11) is 0. The van der Waals surface area contributed by atoms with Crippen LogP contribution in [0, 0.1) is 0 Å². The van der Waals surface area contributed by atoms with Gasteiger partial charge in [0, 0.05) is 16.8 Å². The van der Waals surface area contributed by atoms with E-state index >= 15 is 0 Å². The van der Waals surface area contributed by atoms with Gasteiger partial charge in [0.2, 0.25) is 0 Å². The molecule has 0 atom stereocenters. The van der Waals surface area contributed by atoms with Crippen molar-refractivity contribution in [3.05, 3.63) is 21.8 Å². The SMILES string of the molecule is Clc1c[nH]c2c1=CCCC=2. The molecule has 1 aliphatic carbocycles. The molecule has 1 heterocycles. The number of fused-ring (bicyclic) bond motifs is 1. The molecule has 2 rings (SSSR count). The standard InChI is InChI=1S/C8H8ClN/c9-7-5-10-8-4-2-1-3-6(7)8/h3-5,10H,1-2H2. The fourth-order valence-electron chi connectivity index (χ4n) is 1.26. The van der Waals surface area contributed by atoms with Crippen molar-refractivity contribution in [3.8, 4) is 0 Å². The quantitative estimate of drug-likeness (QED) is 0.573. The van der Waals surface area contributed by atoms with Crippen molar-refractivity contribution in [2.75, 3.05) is 0 Å². The third-order valence-corrected chi connectivity index (χ3v) is 2.08. The molecule has 1 aliphatic rings. The second-order valence-electron chi connectivity index (χ2n) is 2.45. The van der Waals surface area contributed by atoms with Gasteiger partial charge in [-0.05, 0) is 12.8 Å². The van der Waals surface area contributed by atoms with E-state index < -0.39 is 0 Å². The number of nitrogens with one attached hydrogen (secondary N) is 1. The molecule has 1 N–H and O–H groups in total. The highest BCUT2D eigenvalue weighted by atomic mass is 35.5. The van der Waals surface area contributed by atoms with Crippen LogP contribution in [0.3, 0.4) is 0 Å². The number of halogens is 1. The first kappa shape index (κ1) is 6.05. The Morgan fingerprint density at radius 3 is 2.90 bits per heavy atom. The lowest BCUT2D eigenvalue weighted by Gasteiger charge is -1.92. The van der Waals surface area contributed by atoms with Crippen LogP contribution in [0.15, 0.2) is 6.20 Å². The van der Waals surface area contributed by atoms with Crippen molar-refractivity contribution >= 4 is 23.8 Å². The van der Waals surface area contributed by atoms with Gasteiger partial charge >= 0.3 is 0 Å². The number of aromatic amines is 1. The molecular weight excluding hydrogens is 146 g/mol. The number of H-pyrrole nitrogens is 1. The van der Waals surface area contributed by atoms with Crippen molar-refractivity contribution in [3.63, 3.8) is 0 Å². The number of aromatic nitrogens is 1. The zero-order chi connectivity index (χ0) is 6.97. The first-order valence-electron chi connectivity index (χ1n) is 3.41. The van der Waals surface area contributed by atoms with E-state index in [2.05, 4.69) is 17.1 Å². The van der Waals surface area contributed by atoms with Crippen LogP contribution in [-0.2, 0) is 0 Å². The predicted octanol–water partition coefficient (Wildman–Crippen LogP) is 1.02. The minimum atomic E-state index is 0.839. The summed E-state index contributed by atoms with van der Waals surface area (Å²) < 4.78 is 0. The van der Waals surface area contributed by atoms with Gasteiger partial charge in [-0.3, -0.25) is 0 Å². The monoisotopic (exact) mass is 153 g/mol. The van der Waals surface area contributed by atoms with Crippen LogP contribution >= 0.6 is 11.6 Å². The average Bonchev–Trinajstić information content (AvgIpc) is 2.34. The molecule has 1 aromatic rings. The van der Waals surface area contributed by atoms with Crippen molar-refractivity contribution in [2.45, 2.75) is 12.8 Å². The Balaban J connectivity index is 2.89. The third kappa shape index (κ3) is 0.781. The Kier molecular flexibility index (Phi) is 1.31. The summed E-state index contributed by atoms with van der Waals surface area (Å²) in [4.78, 5) is 3.11. The summed E-state index contributed by atoms with van der Waals surface area (Å²) in [5.41, 5.74) is 0. The first-order valence-corrected chi connectivity index (χ1v) is 3.79. The smallest absolute Gasteiger partial charge is 0.0655 e. The van der Waals surface area contributed by atoms with E-state index in [1.165, 1.54) is 10.6 Å². The number of rotatable bonds is 0. The van der Waals surface area contributed by atoms with Crippen LogP contribution in [0.4, 0.5) is 0 Å². The minimum Gasteiger partial charge on any atom is -0.360 e. The van der Waals surface area contributed by atoms with Gasteiger partial charge in [0.05, 0.1) is 5.02 Å². The van der Waals surface area contributed by atoms with Crippen molar-refractivity contribution < 1.29 is 0 Å². The Morgan fingerprint density at radius 2 is 2.10 bits per heavy atom. The molecule has 1 nitrogen and oxygen atoms in total. The third-order valence-electron chi connectivity index (χ3n) is 1.77. The number of hydrogen-bond donors (Lipinski definition) is 1. The molecule has 0 aliphatic heterocycles. The maximum Gasteiger partial charge on any atom is 0.0655 e. The summed E-state index contributed by atoms with van der Waals surface area (Å²) >= 11 is 5.88. The van der Waals surface area contributed by atoms with E-state index in [9.17, 15) is 0 Å². The Bertz CT molecular complexity index is 348. The lowest BCUT2D eigenvalue weighted by Crippen LogP contribution is -2.24. The summed E-state index contributed by atoms with van der Waals surface area (Å²) in [5.74, 6) is 0. The molecule has 0 saturated heterocycles. The lowest BCUT2D eigenvalue weighted by molar-refractivity contribution is 1.10. The predicted molar refractivity (Wildman–Crippen MR) is 43.2 cm³/mol. The normalized spacial score (nSPS) is 15.3. The van der Waals surface area contributed by atoms with E-state index in [-0.39, 0.29) is 0 Å². The zero-order valence-electron chi connectivity index (χ0n) is 5.52. The van der Waals surface area contributed by atoms with Crippen LogP contribution in [-0.4, -0.2) is 4.98 Å². The first-order chi connectivity index (χ1) is 4.88. The van der Waals surface area contributed by atoms with Crippen LogP contribution in [0.25, 0.3) is 12.2 Å². The van der Waals surface area contributed by atoms with Crippen molar-refractivity contribution in [1.29, 1.82) is 0 Å². The van der Waals surface area contributed by atoms with Crippen molar-refractivity contribution in [2.24, 2.45) is 0 Å². The molecule has 0 amide bonds.